The molecule has 1 atom stereocenters. The van der Waals surface area contributed by atoms with Gasteiger partial charge in [0.05, 0.1) is 4.90 Å². The number of carbonyl (C=O) groups excluding carboxylic acids is 1. The number of carbonyl (C=O) groups is 1. The summed E-state index contributed by atoms with van der Waals surface area (Å²) in [4.78, 5) is 13.2. The van der Waals surface area contributed by atoms with E-state index >= 15 is 0 Å². The number of nitrogens with zero attached hydrogens (tertiary/aromatic N) is 1. The lowest BCUT2D eigenvalue weighted by Crippen LogP contribution is -2.49. The van der Waals surface area contributed by atoms with Crippen molar-refractivity contribution in [3.05, 3.63) is 58.1 Å². The highest BCUT2D eigenvalue weighted by atomic mass is 79.9. The number of hydrogen-bond donors (Lipinski definition) is 1. The molecule has 0 radical (unpaired) electrons. The summed E-state index contributed by atoms with van der Waals surface area (Å²) >= 11 is 3.32. The molecule has 1 aliphatic heterocycles. The zero-order valence-corrected chi connectivity index (χ0v) is 17.8. The van der Waals surface area contributed by atoms with Crippen molar-refractivity contribution in [2.75, 3.05) is 11.9 Å². The predicted molar refractivity (Wildman–Crippen MR) is 110 cm³/mol. The van der Waals surface area contributed by atoms with E-state index in [0.29, 0.717) is 13.0 Å². The number of aryl methyl sites for hydroxylation is 2. The van der Waals surface area contributed by atoms with Gasteiger partial charge in [-0.1, -0.05) is 40.5 Å². The van der Waals surface area contributed by atoms with Gasteiger partial charge in [0.1, 0.15) is 6.04 Å². The number of amides is 1. The lowest BCUT2D eigenvalue weighted by molar-refractivity contribution is -0.120. The maximum atomic E-state index is 13.1. The zero-order valence-electron chi connectivity index (χ0n) is 15.4. The molecule has 1 amide bonds. The van der Waals surface area contributed by atoms with Crippen LogP contribution in [-0.2, 0) is 14.8 Å². The Morgan fingerprint density at radius 3 is 2.33 bits per heavy atom. The molecule has 1 heterocycles. The van der Waals surface area contributed by atoms with Gasteiger partial charge in [0.15, 0.2) is 0 Å². The largest absolute Gasteiger partial charge is 0.324 e. The van der Waals surface area contributed by atoms with Crippen LogP contribution in [0.3, 0.4) is 0 Å². The Kier molecular flexibility index (Phi) is 6.03. The van der Waals surface area contributed by atoms with Crippen LogP contribution in [0.15, 0.2) is 51.8 Å². The molecule has 1 aliphatic rings. The normalized spacial score (nSPS) is 18.3. The van der Waals surface area contributed by atoms with Crippen LogP contribution in [0.5, 0.6) is 0 Å². The molecular formula is C20H23BrN2O3S. The van der Waals surface area contributed by atoms with Gasteiger partial charge in [-0.3, -0.25) is 4.79 Å². The zero-order chi connectivity index (χ0) is 19.6. The quantitative estimate of drug-likeness (QED) is 0.756. The first-order chi connectivity index (χ1) is 12.8. The number of rotatable bonds is 4. The molecule has 3 rings (SSSR count). The van der Waals surface area contributed by atoms with Gasteiger partial charge in [-0.15, -0.1) is 0 Å². The van der Waals surface area contributed by atoms with E-state index in [4.69, 9.17) is 0 Å². The minimum atomic E-state index is -3.73. The summed E-state index contributed by atoms with van der Waals surface area (Å²) in [7, 11) is -3.73. The molecule has 2 aromatic carbocycles. The smallest absolute Gasteiger partial charge is 0.243 e. The Morgan fingerprint density at radius 2 is 1.70 bits per heavy atom. The molecule has 0 aromatic heterocycles. The van der Waals surface area contributed by atoms with Gasteiger partial charge in [-0.25, -0.2) is 8.42 Å². The molecule has 0 saturated carbocycles. The van der Waals surface area contributed by atoms with Crippen molar-refractivity contribution in [3.8, 4) is 0 Å². The minimum absolute atomic E-state index is 0.206. The number of sulfonamides is 1. The molecule has 1 fully saturated rings. The molecule has 5 nitrogen and oxygen atoms in total. The van der Waals surface area contributed by atoms with Crippen LogP contribution in [0.25, 0.3) is 0 Å². The molecule has 0 aliphatic carbocycles. The average Bonchev–Trinajstić information content (AvgIpc) is 2.65. The molecule has 1 saturated heterocycles. The number of benzene rings is 2. The third-order valence-corrected chi connectivity index (χ3v) is 7.36. The van der Waals surface area contributed by atoms with Crippen LogP contribution in [0, 0.1) is 13.8 Å². The van der Waals surface area contributed by atoms with E-state index in [1.807, 2.05) is 32.0 Å². The van der Waals surface area contributed by atoms with E-state index in [1.165, 1.54) is 4.31 Å². The van der Waals surface area contributed by atoms with E-state index in [9.17, 15) is 13.2 Å². The number of para-hydroxylation sites is 1. The van der Waals surface area contributed by atoms with Gasteiger partial charge < -0.3 is 5.32 Å². The van der Waals surface area contributed by atoms with E-state index in [2.05, 4.69) is 21.2 Å². The third kappa shape index (κ3) is 4.25. The van der Waals surface area contributed by atoms with Crippen molar-refractivity contribution >= 4 is 37.5 Å². The topological polar surface area (TPSA) is 66.5 Å². The van der Waals surface area contributed by atoms with Crippen molar-refractivity contribution in [2.45, 2.75) is 44.0 Å². The highest BCUT2D eigenvalue weighted by Crippen LogP contribution is 2.28. The van der Waals surface area contributed by atoms with Crippen LogP contribution in [0.1, 0.15) is 30.4 Å². The fourth-order valence-corrected chi connectivity index (χ4v) is 5.34. The summed E-state index contributed by atoms with van der Waals surface area (Å²) in [6, 6.07) is 11.6. The lowest BCUT2D eigenvalue weighted by atomic mass is 10.0. The maximum Gasteiger partial charge on any atom is 0.243 e. The van der Waals surface area contributed by atoms with Crippen molar-refractivity contribution in [1.29, 1.82) is 0 Å². The second kappa shape index (κ2) is 8.12. The van der Waals surface area contributed by atoms with Crippen LogP contribution in [0.2, 0.25) is 0 Å². The number of piperidine rings is 1. The molecule has 1 unspecified atom stereocenters. The van der Waals surface area contributed by atoms with Crippen molar-refractivity contribution in [1.82, 2.24) is 4.31 Å². The molecule has 1 N–H and O–H groups in total. The summed E-state index contributed by atoms with van der Waals surface area (Å²) in [5.41, 5.74) is 2.68. The lowest BCUT2D eigenvalue weighted by Gasteiger charge is -2.34. The SMILES string of the molecule is Cc1cccc(C)c1NC(=O)C1CCCCN1S(=O)(=O)c1ccc(Br)cc1. The highest BCUT2D eigenvalue weighted by molar-refractivity contribution is 9.10. The van der Waals surface area contributed by atoms with Crippen molar-refractivity contribution < 1.29 is 13.2 Å². The first-order valence-corrected chi connectivity index (χ1v) is 11.2. The Bertz CT molecular complexity index is 922. The summed E-state index contributed by atoms with van der Waals surface area (Å²) in [6.45, 7) is 4.21. The Morgan fingerprint density at radius 1 is 1.07 bits per heavy atom. The van der Waals surface area contributed by atoms with Crippen molar-refractivity contribution in [2.24, 2.45) is 0 Å². The fourth-order valence-electron chi connectivity index (χ4n) is 3.41. The number of nitrogens with one attached hydrogen (secondary N) is 1. The molecule has 0 spiro atoms. The molecular weight excluding hydrogens is 428 g/mol. The summed E-state index contributed by atoms with van der Waals surface area (Å²) in [5, 5.41) is 2.96. The first kappa shape index (κ1) is 20.0. The summed E-state index contributed by atoms with van der Waals surface area (Å²) < 4.78 is 28.4. The van der Waals surface area contributed by atoms with E-state index in [0.717, 1.165) is 34.1 Å². The van der Waals surface area contributed by atoms with Gasteiger partial charge >= 0.3 is 0 Å². The Balaban J connectivity index is 1.89. The number of halogens is 1. The minimum Gasteiger partial charge on any atom is -0.324 e. The predicted octanol–water partition coefficient (Wildman–Crippen LogP) is 4.25. The van der Waals surface area contributed by atoms with Crippen LogP contribution in [-0.4, -0.2) is 31.2 Å². The highest BCUT2D eigenvalue weighted by Gasteiger charge is 2.37. The molecule has 27 heavy (non-hydrogen) atoms. The molecule has 0 bridgehead atoms. The molecule has 2 aromatic rings. The average molecular weight is 451 g/mol. The number of anilines is 1. The van der Waals surface area contributed by atoms with Crippen LogP contribution < -0.4 is 5.32 Å². The van der Waals surface area contributed by atoms with E-state index in [1.54, 1.807) is 24.3 Å². The van der Waals surface area contributed by atoms with Gasteiger partial charge in [0, 0.05) is 16.7 Å². The van der Waals surface area contributed by atoms with E-state index in [-0.39, 0.29) is 10.8 Å². The van der Waals surface area contributed by atoms with Crippen LogP contribution in [0.4, 0.5) is 5.69 Å². The standard InChI is InChI=1S/C20H23BrN2O3S/c1-14-6-5-7-15(2)19(14)22-20(24)18-8-3-4-13-23(18)27(25,26)17-11-9-16(21)10-12-17/h5-7,9-12,18H,3-4,8,13H2,1-2H3,(H,22,24). The second-order valence-electron chi connectivity index (χ2n) is 6.84. The first-order valence-electron chi connectivity index (χ1n) is 8.95. The summed E-state index contributed by atoms with van der Waals surface area (Å²) in [5.74, 6) is -0.271. The maximum absolute atomic E-state index is 13.1. The molecule has 144 valence electrons. The third-order valence-electron chi connectivity index (χ3n) is 4.91. The van der Waals surface area contributed by atoms with Gasteiger partial charge in [-0.05, 0) is 62.1 Å². The van der Waals surface area contributed by atoms with Crippen LogP contribution >= 0.6 is 15.9 Å². The van der Waals surface area contributed by atoms with E-state index < -0.39 is 16.1 Å². The van der Waals surface area contributed by atoms with Gasteiger partial charge in [-0.2, -0.15) is 4.31 Å². The number of hydrogen-bond acceptors (Lipinski definition) is 3. The van der Waals surface area contributed by atoms with Gasteiger partial charge in [0.25, 0.3) is 0 Å². The van der Waals surface area contributed by atoms with Crippen molar-refractivity contribution in [3.63, 3.8) is 0 Å². The monoisotopic (exact) mass is 450 g/mol. The Labute approximate surface area is 169 Å². The summed E-state index contributed by atoms with van der Waals surface area (Å²) in [6.07, 6.45) is 2.10. The Hall–Kier alpha value is -1.70. The second-order valence-corrected chi connectivity index (χ2v) is 9.64. The fraction of sp³-hybridized carbons (Fsp3) is 0.350. The van der Waals surface area contributed by atoms with Gasteiger partial charge in [0.2, 0.25) is 15.9 Å². The molecule has 7 heteroatoms.